The van der Waals surface area contributed by atoms with E-state index in [0.717, 1.165) is 12.0 Å². The molecule has 0 fully saturated rings. The first-order chi connectivity index (χ1) is 12.1. The van der Waals surface area contributed by atoms with Crippen LogP contribution in [0.5, 0.6) is 5.75 Å². The van der Waals surface area contributed by atoms with Crippen LogP contribution < -0.4 is 4.74 Å². The Bertz CT molecular complexity index is 785. The second-order valence-electron chi connectivity index (χ2n) is 6.12. The number of aliphatic carboxylic acids is 1. The third-order valence-corrected chi connectivity index (χ3v) is 4.63. The van der Waals surface area contributed by atoms with Crippen molar-refractivity contribution >= 4 is 11.9 Å². The van der Waals surface area contributed by atoms with Gasteiger partial charge in [-0.1, -0.05) is 37.3 Å². The molecule has 5 heteroatoms. The second kappa shape index (κ2) is 6.97. The smallest absolute Gasteiger partial charge is 0.313 e. The highest BCUT2D eigenvalue weighted by molar-refractivity contribution is 6.00. The van der Waals surface area contributed by atoms with Gasteiger partial charge in [-0.2, -0.15) is 0 Å². The Kier molecular flexibility index (Phi) is 4.74. The number of amides is 1. The van der Waals surface area contributed by atoms with E-state index in [-0.39, 0.29) is 5.91 Å². The summed E-state index contributed by atoms with van der Waals surface area (Å²) in [4.78, 5) is 26.8. The number of carboxylic acids is 1. The van der Waals surface area contributed by atoms with Crippen molar-refractivity contribution in [1.29, 1.82) is 0 Å². The lowest BCUT2D eigenvalue weighted by Gasteiger charge is -2.40. The molecule has 0 aliphatic carbocycles. The maximum Gasteiger partial charge on any atom is 0.313 e. The summed E-state index contributed by atoms with van der Waals surface area (Å²) in [5, 5.41) is 9.93. The second-order valence-corrected chi connectivity index (χ2v) is 6.12. The van der Waals surface area contributed by atoms with Crippen LogP contribution in [0, 0.1) is 0 Å². The largest absolute Gasteiger partial charge is 0.497 e. The van der Waals surface area contributed by atoms with Gasteiger partial charge in [-0.05, 0) is 35.7 Å². The van der Waals surface area contributed by atoms with E-state index >= 15 is 0 Å². The van der Waals surface area contributed by atoms with Crippen molar-refractivity contribution in [3.63, 3.8) is 0 Å². The molecular formula is C20H21NO4. The molecule has 0 unspecified atom stereocenters. The molecule has 0 spiro atoms. The minimum atomic E-state index is -0.929. The van der Waals surface area contributed by atoms with Gasteiger partial charge in [0.1, 0.15) is 11.7 Å². The molecule has 3 rings (SSSR count). The van der Waals surface area contributed by atoms with Gasteiger partial charge in [0.05, 0.1) is 13.2 Å². The molecule has 2 aromatic rings. The lowest BCUT2D eigenvalue weighted by Crippen LogP contribution is -2.45. The number of hydrogen-bond donors (Lipinski definition) is 1. The van der Waals surface area contributed by atoms with Crippen LogP contribution in [0.2, 0.25) is 0 Å². The van der Waals surface area contributed by atoms with E-state index in [2.05, 4.69) is 0 Å². The fourth-order valence-electron chi connectivity index (χ4n) is 3.52. The average Bonchev–Trinajstić information content (AvgIpc) is 2.63. The van der Waals surface area contributed by atoms with Crippen molar-refractivity contribution in [2.24, 2.45) is 0 Å². The highest BCUT2D eigenvalue weighted by Gasteiger charge is 2.43. The zero-order valence-corrected chi connectivity index (χ0v) is 14.3. The molecule has 0 radical (unpaired) electrons. The Morgan fingerprint density at radius 2 is 1.84 bits per heavy atom. The van der Waals surface area contributed by atoms with Crippen molar-refractivity contribution in [2.75, 3.05) is 13.7 Å². The highest BCUT2D eigenvalue weighted by Crippen LogP contribution is 2.43. The van der Waals surface area contributed by atoms with Gasteiger partial charge in [-0.3, -0.25) is 9.59 Å². The first kappa shape index (κ1) is 17.0. The molecule has 1 aliphatic rings. The summed E-state index contributed by atoms with van der Waals surface area (Å²) in [7, 11) is 1.58. The molecule has 25 heavy (non-hydrogen) atoms. The molecule has 1 heterocycles. The minimum Gasteiger partial charge on any atom is -0.497 e. The van der Waals surface area contributed by atoms with Crippen LogP contribution in [0.4, 0.5) is 0 Å². The topological polar surface area (TPSA) is 66.8 Å². The summed E-state index contributed by atoms with van der Waals surface area (Å²) in [6.07, 6.45) is 0.757. The number of carboxylic acid groups (broad SMARTS) is 1. The zero-order chi connectivity index (χ0) is 18.0. The summed E-state index contributed by atoms with van der Waals surface area (Å²) in [6, 6.07) is 13.7. The Morgan fingerprint density at radius 3 is 2.44 bits per heavy atom. The quantitative estimate of drug-likeness (QED) is 0.906. The van der Waals surface area contributed by atoms with Crippen LogP contribution in [0.15, 0.2) is 48.5 Å². The third kappa shape index (κ3) is 2.97. The number of benzene rings is 2. The Morgan fingerprint density at radius 1 is 1.16 bits per heavy atom. The molecule has 0 aromatic heterocycles. The first-order valence-electron chi connectivity index (χ1n) is 8.35. The van der Waals surface area contributed by atoms with Crippen molar-refractivity contribution in [3.8, 4) is 5.75 Å². The summed E-state index contributed by atoms with van der Waals surface area (Å²) in [5.74, 6) is -1.15. The molecule has 2 atom stereocenters. The maximum absolute atomic E-state index is 13.0. The third-order valence-electron chi connectivity index (χ3n) is 4.63. The molecule has 5 nitrogen and oxygen atoms in total. The van der Waals surface area contributed by atoms with Crippen LogP contribution in [-0.2, 0) is 4.79 Å². The molecule has 130 valence electrons. The van der Waals surface area contributed by atoms with Gasteiger partial charge in [0.2, 0.25) is 0 Å². The van der Waals surface area contributed by atoms with Crippen LogP contribution in [-0.4, -0.2) is 35.5 Å². The lowest BCUT2D eigenvalue weighted by atomic mass is 9.79. The number of fused-ring (bicyclic) bond motifs is 1. The van der Waals surface area contributed by atoms with E-state index in [9.17, 15) is 14.7 Å². The van der Waals surface area contributed by atoms with Crippen LogP contribution >= 0.6 is 0 Å². The molecule has 1 N–H and O–H groups in total. The Balaban J connectivity index is 2.16. The van der Waals surface area contributed by atoms with E-state index in [0.29, 0.717) is 23.4 Å². The number of methoxy groups -OCH3 is 1. The van der Waals surface area contributed by atoms with Gasteiger partial charge >= 0.3 is 5.97 Å². The van der Waals surface area contributed by atoms with Gasteiger partial charge in [0, 0.05) is 12.1 Å². The van der Waals surface area contributed by atoms with Crippen molar-refractivity contribution < 1.29 is 19.4 Å². The molecule has 0 saturated heterocycles. The van der Waals surface area contributed by atoms with Crippen LogP contribution in [0.25, 0.3) is 0 Å². The number of nitrogens with zero attached hydrogens (tertiary/aromatic N) is 1. The monoisotopic (exact) mass is 339 g/mol. The zero-order valence-electron chi connectivity index (χ0n) is 14.3. The minimum absolute atomic E-state index is 0.115. The maximum atomic E-state index is 13.0. The molecule has 0 saturated carbocycles. The molecule has 1 aliphatic heterocycles. The first-order valence-corrected chi connectivity index (χ1v) is 8.35. The number of rotatable bonds is 5. The predicted octanol–water partition coefficient (Wildman–Crippen LogP) is 3.47. The SMILES string of the molecule is CCCN1C(=O)c2ccccc2[C@@H](C(=O)O)[C@@H]1c1ccc(OC)cc1. The number of ether oxygens (including phenoxy) is 1. The van der Waals surface area contributed by atoms with E-state index in [1.165, 1.54) is 0 Å². The fourth-order valence-corrected chi connectivity index (χ4v) is 3.52. The number of carbonyl (C=O) groups is 2. The lowest BCUT2D eigenvalue weighted by molar-refractivity contribution is -0.140. The van der Waals surface area contributed by atoms with Crippen molar-refractivity contribution in [2.45, 2.75) is 25.3 Å². The van der Waals surface area contributed by atoms with Crippen molar-refractivity contribution in [3.05, 3.63) is 65.2 Å². The van der Waals surface area contributed by atoms with E-state index in [4.69, 9.17) is 4.74 Å². The summed E-state index contributed by atoms with van der Waals surface area (Å²) in [6.45, 7) is 2.49. The van der Waals surface area contributed by atoms with Crippen LogP contribution in [0.3, 0.4) is 0 Å². The van der Waals surface area contributed by atoms with Gasteiger partial charge in [-0.25, -0.2) is 0 Å². The summed E-state index contributed by atoms with van der Waals surface area (Å²) < 4.78 is 5.19. The summed E-state index contributed by atoms with van der Waals surface area (Å²) >= 11 is 0. The van der Waals surface area contributed by atoms with Gasteiger partial charge in [0.25, 0.3) is 5.91 Å². The van der Waals surface area contributed by atoms with E-state index in [1.54, 1.807) is 48.4 Å². The predicted molar refractivity (Wildman–Crippen MR) is 93.9 cm³/mol. The summed E-state index contributed by atoms with van der Waals surface area (Å²) in [5.41, 5.74) is 1.85. The standard InChI is InChI=1S/C20H21NO4/c1-3-12-21-18(13-8-10-14(25-2)11-9-13)17(20(23)24)15-6-4-5-7-16(15)19(21)22/h4-11,17-18H,3,12H2,1-2H3,(H,23,24)/t17-,18+/m1/s1. The van der Waals surface area contributed by atoms with Gasteiger partial charge < -0.3 is 14.7 Å². The van der Waals surface area contributed by atoms with E-state index in [1.807, 2.05) is 19.1 Å². The number of carbonyl (C=O) groups excluding carboxylic acids is 1. The Labute approximate surface area is 146 Å². The Hall–Kier alpha value is -2.82. The molecule has 0 bridgehead atoms. The van der Waals surface area contributed by atoms with Gasteiger partial charge in [-0.15, -0.1) is 0 Å². The normalized spacial score (nSPS) is 19.4. The molecule has 2 aromatic carbocycles. The fraction of sp³-hybridized carbons (Fsp3) is 0.300. The molecular weight excluding hydrogens is 318 g/mol. The molecule has 1 amide bonds. The van der Waals surface area contributed by atoms with Gasteiger partial charge in [0.15, 0.2) is 0 Å². The number of hydrogen-bond acceptors (Lipinski definition) is 3. The average molecular weight is 339 g/mol. The van der Waals surface area contributed by atoms with Crippen molar-refractivity contribution in [1.82, 2.24) is 4.90 Å². The highest BCUT2D eigenvalue weighted by atomic mass is 16.5. The van der Waals surface area contributed by atoms with E-state index < -0.39 is 17.9 Å². The van der Waals surface area contributed by atoms with Crippen LogP contribution in [0.1, 0.15) is 46.8 Å².